The average molecular weight is 270 g/mol. The molecule has 2 N–H and O–H groups in total. The zero-order valence-corrected chi connectivity index (χ0v) is 12.2. The monoisotopic (exact) mass is 270 g/mol. The lowest BCUT2D eigenvalue weighted by molar-refractivity contribution is -0.139. The van der Waals surface area contributed by atoms with Crippen LogP contribution >= 0.6 is 0 Å². The highest BCUT2D eigenvalue weighted by Crippen LogP contribution is 2.29. The zero-order chi connectivity index (χ0) is 14.4. The van der Waals surface area contributed by atoms with Crippen LogP contribution in [0.2, 0.25) is 0 Å². The number of carboxylic acids is 1. The summed E-state index contributed by atoms with van der Waals surface area (Å²) in [5.74, 6) is -0.0972. The van der Waals surface area contributed by atoms with Gasteiger partial charge in [-0.3, -0.25) is 0 Å². The highest BCUT2D eigenvalue weighted by molar-refractivity contribution is 5.82. The number of urea groups is 1. The second-order valence-electron chi connectivity index (χ2n) is 5.86. The molecule has 5 nitrogen and oxygen atoms in total. The molecule has 0 aromatic carbocycles. The van der Waals surface area contributed by atoms with Crippen LogP contribution in [-0.4, -0.2) is 41.1 Å². The van der Waals surface area contributed by atoms with Crippen LogP contribution in [0.3, 0.4) is 0 Å². The van der Waals surface area contributed by atoms with E-state index in [1.165, 1.54) is 12.8 Å². The van der Waals surface area contributed by atoms with Crippen molar-refractivity contribution in [2.75, 3.05) is 13.1 Å². The Morgan fingerprint density at radius 2 is 2.00 bits per heavy atom. The van der Waals surface area contributed by atoms with Gasteiger partial charge in [0, 0.05) is 13.1 Å². The van der Waals surface area contributed by atoms with Crippen LogP contribution in [0.5, 0.6) is 0 Å². The summed E-state index contributed by atoms with van der Waals surface area (Å²) < 4.78 is 0. The topological polar surface area (TPSA) is 69.6 Å². The SMILES string of the molecule is CCCN(CC1CC1)C(=O)N[C@@H](CC(C)C)C(=O)O. The molecule has 0 saturated heterocycles. The first-order valence-electron chi connectivity index (χ1n) is 7.22. The summed E-state index contributed by atoms with van der Waals surface area (Å²) in [4.78, 5) is 25.1. The molecule has 110 valence electrons. The average Bonchev–Trinajstić information content (AvgIpc) is 3.10. The summed E-state index contributed by atoms with van der Waals surface area (Å²) >= 11 is 0. The molecule has 0 aromatic rings. The highest BCUT2D eigenvalue weighted by Gasteiger charge is 2.28. The van der Waals surface area contributed by atoms with E-state index < -0.39 is 12.0 Å². The number of carboxylic acid groups (broad SMARTS) is 1. The molecule has 1 fully saturated rings. The van der Waals surface area contributed by atoms with Gasteiger partial charge >= 0.3 is 12.0 Å². The maximum atomic E-state index is 12.1. The van der Waals surface area contributed by atoms with Crippen LogP contribution < -0.4 is 5.32 Å². The van der Waals surface area contributed by atoms with Gasteiger partial charge in [0.2, 0.25) is 0 Å². The van der Waals surface area contributed by atoms with E-state index in [4.69, 9.17) is 5.11 Å². The maximum Gasteiger partial charge on any atom is 0.326 e. The molecule has 1 rings (SSSR count). The van der Waals surface area contributed by atoms with E-state index in [9.17, 15) is 9.59 Å². The number of hydrogen-bond donors (Lipinski definition) is 2. The lowest BCUT2D eigenvalue weighted by atomic mass is 10.0. The van der Waals surface area contributed by atoms with Crippen LogP contribution in [0.1, 0.15) is 46.5 Å². The fourth-order valence-corrected chi connectivity index (χ4v) is 2.09. The van der Waals surface area contributed by atoms with Crippen molar-refractivity contribution < 1.29 is 14.7 Å². The number of carbonyl (C=O) groups excluding carboxylic acids is 1. The van der Waals surface area contributed by atoms with Crippen molar-refractivity contribution in [3.63, 3.8) is 0 Å². The van der Waals surface area contributed by atoms with Crippen molar-refractivity contribution in [1.82, 2.24) is 10.2 Å². The molecular weight excluding hydrogens is 244 g/mol. The molecule has 0 aromatic heterocycles. The predicted octanol–water partition coefficient (Wildman–Crippen LogP) is 2.32. The molecule has 5 heteroatoms. The van der Waals surface area contributed by atoms with Crippen LogP contribution in [-0.2, 0) is 4.79 Å². The number of aliphatic carboxylic acids is 1. The molecule has 1 saturated carbocycles. The number of rotatable bonds is 8. The normalized spacial score (nSPS) is 16.2. The standard InChI is InChI=1S/C14H26N2O3/c1-4-7-16(9-11-5-6-11)14(19)15-12(13(17)18)8-10(2)3/h10-12H,4-9H2,1-3H3,(H,15,19)(H,17,18)/t12-/m0/s1. The summed E-state index contributed by atoms with van der Waals surface area (Å²) in [7, 11) is 0. The Bertz CT molecular complexity index is 314. The minimum Gasteiger partial charge on any atom is -0.480 e. The number of carbonyl (C=O) groups is 2. The van der Waals surface area contributed by atoms with Crippen molar-refractivity contribution in [3.05, 3.63) is 0 Å². The first-order chi connectivity index (χ1) is 8.93. The van der Waals surface area contributed by atoms with E-state index in [1.54, 1.807) is 4.90 Å². The van der Waals surface area contributed by atoms with Crippen molar-refractivity contribution in [2.24, 2.45) is 11.8 Å². The molecule has 0 unspecified atom stereocenters. The third-order valence-electron chi connectivity index (χ3n) is 3.26. The Hall–Kier alpha value is -1.26. The van der Waals surface area contributed by atoms with Gasteiger partial charge in [-0.15, -0.1) is 0 Å². The minimum atomic E-state index is -0.954. The summed E-state index contributed by atoms with van der Waals surface area (Å²) in [6, 6.07) is -1.02. The van der Waals surface area contributed by atoms with E-state index in [-0.39, 0.29) is 11.9 Å². The number of amides is 2. The van der Waals surface area contributed by atoms with Crippen LogP contribution in [0.25, 0.3) is 0 Å². The summed E-state index contributed by atoms with van der Waals surface area (Å²) in [6.07, 6.45) is 3.72. The van der Waals surface area contributed by atoms with Crippen LogP contribution in [0.15, 0.2) is 0 Å². The predicted molar refractivity (Wildman–Crippen MR) is 74.0 cm³/mol. The molecule has 0 spiro atoms. The van der Waals surface area contributed by atoms with E-state index >= 15 is 0 Å². The summed E-state index contributed by atoms with van der Waals surface area (Å²) in [5, 5.41) is 11.8. The highest BCUT2D eigenvalue weighted by atomic mass is 16.4. The zero-order valence-electron chi connectivity index (χ0n) is 12.2. The smallest absolute Gasteiger partial charge is 0.326 e. The summed E-state index contributed by atoms with van der Waals surface area (Å²) in [5.41, 5.74) is 0. The lowest BCUT2D eigenvalue weighted by Crippen LogP contribution is -2.49. The van der Waals surface area contributed by atoms with Gasteiger partial charge in [0.15, 0.2) is 0 Å². The largest absolute Gasteiger partial charge is 0.480 e. The number of nitrogens with zero attached hydrogens (tertiary/aromatic N) is 1. The number of hydrogen-bond acceptors (Lipinski definition) is 2. The van der Waals surface area contributed by atoms with Gasteiger partial charge in [0.25, 0.3) is 0 Å². The van der Waals surface area contributed by atoms with Gasteiger partial charge in [-0.25, -0.2) is 9.59 Å². The van der Waals surface area contributed by atoms with Crippen molar-refractivity contribution >= 4 is 12.0 Å². The lowest BCUT2D eigenvalue weighted by Gasteiger charge is -2.25. The molecule has 0 bridgehead atoms. The maximum absolute atomic E-state index is 12.1. The molecule has 0 heterocycles. The van der Waals surface area contributed by atoms with E-state index in [1.807, 2.05) is 20.8 Å². The molecule has 0 radical (unpaired) electrons. The Kier molecular flexibility index (Phi) is 6.12. The molecule has 2 amide bonds. The van der Waals surface area contributed by atoms with Gasteiger partial charge < -0.3 is 15.3 Å². The van der Waals surface area contributed by atoms with E-state index in [2.05, 4.69) is 5.32 Å². The van der Waals surface area contributed by atoms with Crippen molar-refractivity contribution in [3.8, 4) is 0 Å². The quantitative estimate of drug-likeness (QED) is 0.711. The van der Waals surface area contributed by atoms with Crippen molar-refractivity contribution in [1.29, 1.82) is 0 Å². The van der Waals surface area contributed by atoms with Gasteiger partial charge in [-0.1, -0.05) is 20.8 Å². The van der Waals surface area contributed by atoms with E-state index in [0.29, 0.717) is 18.9 Å². The first-order valence-corrected chi connectivity index (χ1v) is 7.22. The summed E-state index contributed by atoms with van der Waals surface area (Å²) in [6.45, 7) is 7.38. The molecular formula is C14H26N2O3. The Balaban J connectivity index is 2.53. The van der Waals surface area contributed by atoms with Gasteiger partial charge in [-0.2, -0.15) is 0 Å². The molecule has 19 heavy (non-hydrogen) atoms. The second-order valence-corrected chi connectivity index (χ2v) is 5.86. The van der Waals surface area contributed by atoms with Gasteiger partial charge in [-0.05, 0) is 37.5 Å². The fourth-order valence-electron chi connectivity index (χ4n) is 2.09. The molecule has 1 atom stereocenters. The third-order valence-corrected chi connectivity index (χ3v) is 3.26. The molecule has 0 aliphatic heterocycles. The Labute approximate surface area is 115 Å². The first kappa shape index (κ1) is 15.8. The molecule has 1 aliphatic rings. The van der Waals surface area contributed by atoms with Gasteiger partial charge in [0.1, 0.15) is 6.04 Å². The third kappa shape index (κ3) is 5.94. The Morgan fingerprint density at radius 3 is 2.42 bits per heavy atom. The Morgan fingerprint density at radius 1 is 1.37 bits per heavy atom. The van der Waals surface area contributed by atoms with Crippen LogP contribution in [0.4, 0.5) is 4.79 Å². The van der Waals surface area contributed by atoms with Gasteiger partial charge in [0.05, 0.1) is 0 Å². The van der Waals surface area contributed by atoms with E-state index in [0.717, 1.165) is 13.0 Å². The van der Waals surface area contributed by atoms with Crippen LogP contribution in [0, 0.1) is 11.8 Å². The molecule has 1 aliphatic carbocycles. The second kappa shape index (κ2) is 7.36. The van der Waals surface area contributed by atoms with Crippen molar-refractivity contribution in [2.45, 2.75) is 52.5 Å². The minimum absolute atomic E-state index is 0.234. The number of nitrogens with one attached hydrogen (secondary N) is 1. The fraction of sp³-hybridized carbons (Fsp3) is 0.857.